The van der Waals surface area contributed by atoms with Crippen LogP contribution in [0.3, 0.4) is 0 Å². The van der Waals surface area contributed by atoms with E-state index in [9.17, 15) is 10.1 Å². The number of non-ortho nitro benzene ring substituents is 1. The van der Waals surface area contributed by atoms with Gasteiger partial charge in [0.1, 0.15) is 0 Å². The fraction of sp³-hybridized carbons (Fsp3) is 0.533. The van der Waals surface area contributed by atoms with Crippen LogP contribution in [0.15, 0.2) is 29.3 Å². The van der Waals surface area contributed by atoms with Crippen LogP contribution in [-0.4, -0.2) is 23.5 Å². The largest absolute Gasteiger partial charge is 0.357 e. The molecule has 0 aromatic heterocycles. The highest BCUT2D eigenvalue weighted by Gasteiger charge is 2.09. The molecule has 0 bridgehead atoms. The Bertz CT molecular complexity index is 500. The third-order valence-electron chi connectivity index (χ3n) is 3.25. The maximum absolute atomic E-state index is 10.8. The van der Waals surface area contributed by atoms with E-state index < -0.39 is 4.92 Å². The van der Waals surface area contributed by atoms with Crippen LogP contribution in [0.2, 0.25) is 0 Å². The normalized spacial score (nSPS) is 13.1. The summed E-state index contributed by atoms with van der Waals surface area (Å²) in [5.74, 6) is 1.22. The molecule has 0 radical (unpaired) electrons. The Morgan fingerprint density at radius 2 is 2.10 bits per heavy atom. The van der Waals surface area contributed by atoms with Gasteiger partial charge in [-0.05, 0) is 25.3 Å². The van der Waals surface area contributed by atoms with Gasteiger partial charge in [0.15, 0.2) is 5.96 Å². The van der Waals surface area contributed by atoms with Crippen LogP contribution < -0.4 is 10.6 Å². The summed E-state index contributed by atoms with van der Waals surface area (Å²) in [4.78, 5) is 14.8. The molecule has 0 saturated carbocycles. The summed E-state index contributed by atoms with van der Waals surface area (Å²) < 4.78 is 0. The monoisotopic (exact) mass is 292 g/mol. The number of nitro benzene ring substituents is 1. The lowest BCUT2D eigenvalue weighted by atomic mass is 10.1. The van der Waals surface area contributed by atoms with Crippen LogP contribution in [0.1, 0.15) is 33.3 Å². The summed E-state index contributed by atoms with van der Waals surface area (Å²) in [7, 11) is 0. The first-order valence-corrected chi connectivity index (χ1v) is 7.22. The maximum Gasteiger partial charge on any atom is 0.269 e. The summed E-state index contributed by atoms with van der Waals surface area (Å²) in [6.07, 6.45) is 0. The first-order valence-electron chi connectivity index (χ1n) is 7.22. The fourth-order valence-electron chi connectivity index (χ4n) is 1.64. The van der Waals surface area contributed by atoms with Gasteiger partial charge in [-0.25, -0.2) is 4.99 Å². The molecule has 0 heterocycles. The SMILES string of the molecule is CCNC(=NCc1cccc([N+](=O)[O-])c1)NC(C)C(C)C. The van der Waals surface area contributed by atoms with Gasteiger partial charge in [-0.3, -0.25) is 10.1 Å². The van der Waals surface area contributed by atoms with Crippen molar-refractivity contribution in [3.8, 4) is 0 Å². The van der Waals surface area contributed by atoms with Crippen molar-refractivity contribution in [3.05, 3.63) is 39.9 Å². The second kappa shape index (κ2) is 8.24. The minimum atomic E-state index is -0.391. The lowest BCUT2D eigenvalue weighted by Crippen LogP contribution is -2.44. The molecular formula is C15H24N4O2. The summed E-state index contributed by atoms with van der Waals surface area (Å²) in [6.45, 7) is 9.56. The van der Waals surface area contributed by atoms with E-state index in [1.165, 1.54) is 6.07 Å². The van der Waals surface area contributed by atoms with Crippen LogP contribution in [0.25, 0.3) is 0 Å². The number of aliphatic imine (C=N–C) groups is 1. The van der Waals surface area contributed by atoms with Crippen molar-refractivity contribution < 1.29 is 4.92 Å². The predicted molar refractivity (Wildman–Crippen MR) is 85.3 cm³/mol. The Balaban J connectivity index is 2.77. The smallest absolute Gasteiger partial charge is 0.269 e. The number of nitrogens with zero attached hydrogens (tertiary/aromatic N) is 2. The maximum atomic E-state index is 10.8. The molecule has 0 fully saturated rings. The standard InChI is InChI=1S/C15H24N4O2/c1-5-16-15(18-12(4)11(2)3)17-10-13-7-6-8-14(9-13)19(20)21/h6-9,11-12H,5,10H2,1-4H3,(H2,16,17,18). The molecule has 1 atom stereocenters. The molecule has 0 aliphatic carbocycles. The van der Waals surface area contributed by atoms with Crippen molar-refractivity contribution in [2.75, 3.05) is 6.54 Å². The average molecular weight is 292 g/mol. The van der Waals surface area contributed by atoms with Crippen molar-refractivity contribution in [2.45, 2.75) is 40.3 Å². The van der Waals surface area contributed by atoms with Crippen molar-refractivity contribution in [2.24, 2.45) is 10.9 Å². The van der Waals surface area contributed by atoms with Crippen molar-refractivity contribution >= 4 is 11.6 Å². The molecule has 1 rings (SSSR count). The van der Waals surface area contributed by atoms with Gasteiger partial charge < -0.3 is 10.6 Å². The Labute approximate surface area is 125 Å². The van der Waals surface area contributed by atoms with E-state index >= 15 is 0 Å². The zero-order chi connectivity index (χ0) is 15.8. The zero-order valence-corrected chi connectivity index (χ0v) is 13.1. The Hall–Kier alpha value is -2.11. The number of guanidine groups is 1. The highest BCUT2D eigenvalue weighted by molar-refractivity contribution is 5.80. The van der Waals surface area contributed by atoms with Crippen LogP contribution in [0.4, 0.5) is 5.69 Å². The Morgan fingerprint density at radius 3 is 2.67 bits per heavy atom. The summed E-state index contributed by atoms with van der Waals surface area (Å²) in [5, 5.41) is 17.3. The number of rotatable bonds is 6. The van der Waals surface area contributed by atoms with Gasteiger partial charge in [0.05, 0.1) is 11.5 Å². The second-order valence-corrected chi connectivity index (χ2v) is 5.30. The molecular weight excluding hydrogens is 268 g/mol. The molecule has 0 aliphatic rings. The van der Waals surface area contributed by atoms with E-state index in [0.29, 0.717) is 18.5 Å². The molecule has 1 unspecified atom stereocenters. The van der Waals surface area contributed by atoms with E-state index in [1.54, 1.807) is 12.1 Å². The zero-order valence-electron chi connectivity index (χ0n) is 13.1. The van der Waals surface area contributed by atoms with E-state index in [-0.39, 0.29) is 5.69 Å². The second-order valence-electron chi connectivity index (χ2n) is 5.30. The molecule has 6 heteroatoms. The minimum Gasteiger partial charge on any atom is -0.357 e. The van der Waals surface area contributed by atoms with Crippen LogP contribution in [0, 0.1) is 16.0 Å². The lowest BCUT2D eigenvalue weighted by molar-refractivity contribution is -0.384. The van der Waals surface area contributed by atoms with Crippen molar-refractivity contribution in [3.63, 3.8) is 0 Å². The van der Waals surface area contributed by atoms with Crippen LogP contribution >= 0.6 is 0 Å². The topological polar surface area (TPSA) is 79.6 Å². The molecule has 116 valence electrons. The van der Waals surface area contributed by atoms with Crippen molar-refractivity contribution in [1.29, 1.82) is 0 Å². The lowest BCUT2D eigenvalue weighted by Gasteiger charge is -2.20. The van der Waals surface area contributed by atoms with Gasteiger partial charge >= 0.3 is 0 Å². The number of hydrogen-bond donors (Lipinski definition) is 2. The molecule has 0 saturated heterocycles. The van der Waals surface area contributed by atoms with Crippen LogP contribution in [0.5, 0.6) is 0 Å². The summed E-state index contributed by atoms with van der Waals surface area (Å²) in [5.41, 5.74) is 0.912. The Morgan fingerprint density at radius 1 is 1.38 bits per heavy atom. The third-order valence-corrected chi connectivity index (χ3v) is 3.25. The first-order chi connectivity index (χ1) is 9.93. The summed E-state index contributed by atoms with van der Waals surface area (Å²) >= 11 is 0. The number of benzene rings is 1. The molecule has 2 N–H and O–H groups in total. The average Bonchev–Trinajstić information content (AvgIpc) is 2.45. The van der Waals surface area contributed by atoms with Gasteiger partial charge in [-0.2, -0.15) is 0 Å². The minimum absolute atomic E-state index is 0.0937. The van der Waals surface area contributed by atoms with Gasteiger partial charge in [-0.1, -0.05) is 26.0 Å². The predicted octanol–water partition coefficient (Wildman–Crippen LogP) is 2.69. The van der Waals surface area contributed by atoms with E-state index in [2.05, 4.69) is 36.4 Å². The molecule has 1 aromatic rings. The first kappa shape index (κ1) is 16.9. The molecule has 0 aliphatic heterocycles. The third kappa shape index (κ3) is 5.81. The molecule has 1 aromatic carbocycles. The van der Waals surface area contributed by atoms with E-state index in [0.717, 1.165) is 18.1 Å². The number of nitrogens with one attached hydrogen (secondary N) is 2. The molecule has 0 spiro atoms. The van der Waals surface area contributed by atoms with Gasteiger partial charge in [-0.15, -0.1) is 0 Å². The van der Waals surface area contributed by atoms with Gasteiger partial charge in [0.2, 0.25) is 0 Å². The van der Waals surface area contributed by atoms with E-state index in [1.807, 2.05) is 13.0 Å². The Kier molecular flexibility index (Phi) is 6.65. The molecule has 6 nitrogen and oxygen atoms in total. The van der Waals surface area contributed by atoms with E-state index in [4.69, 9.17) is 0 Å². The van der Waals surface area contributed by atoms with Crippen molar-refractivity contribution in [1.82, 2.24) is 10.6 Å². The molecule has 0 amide bonds. The van der Waals surface area contributed by atoms with Gasteiger partial charge in [0.25, 0.3) is 5.69 Å². The highest BCUT2D eigenvalue weighted by Crippen LogP contribution is 2.13. The molecule has 21 heavy (non-hydrogen) atoms. The number of hydrogen-bond acceptors (Lipinski definition) is 3. The quantitative estimate of drug-likeness (QED) is 0.366. The van der Waals surface area contributed by atoms with Crippen LogP contribution in [-0.2, 0) is 6.54 Å². The van der Waals surface area contributed by atoms with Gasteiger partial charge in [0, 0.05) is 24.7 Å². The number of nitro groups is 1. The summed E-state index contributed by atoms with van der Waals surface area (Å²) in [6, 6.07) is 6.86. The highest BCUT2D eigenvalue weighted by atomic mass is 16.6. The fourth-order valence-corrected chi connectivity index (χ4v) is 1.64.